The van der Waals surface area contributed by atoms with E-state index in [9.17, 15) is 4.39 Å². The molecule has 1 nitrogen and oxygen atoms in total. The number of pyridine rings is 1. The van der Waals surface area contributed by atoms with Gasteiger partial charge in [-0.25, -0.2) is 4.39 Å². The Balaban J connectivity index is 2.62. The Morgan fingerprint density at radius 1 is 1.36 bits per heavy atom. The van der Waals surface area contributed by atoms with Crippen molar-refractivity contribution < 1.29 is 4.39 Å². The molecular weight excluding hydrogens is 177 g/mol. The molecule has 1 aromatic carbocycles. The van der Waals surface area contributed by atoms with Crippen LogP contribution < -0.4 is 0 Å². The van der Waals surface area contributed by atoms with Crippen LogP contribution in [0.4, 0.5) is 4.39 Å². The molecule has 0 N–H and O–H groups in total. The fourth-order valence-corrected chi connectivity index (χ4v) is 1.38. The van der Waals surface area contributed by atoms with Gasteiger partial charge in [0.1, 0.15) is 5.83 Å². The molecule has 0 saturated heterocycles. The summed E-state index contributed by atoms with van der Waals surface area (Å²) in [6.45, 7) is 1.68. The summed E-state index contributed by atoms with van der Waals surface area (Å²) in [6.07, 6.45) is 3.16. The van der Waals surface area contributed by atoms with E-state index >= 15 is 0 Å². The van der Waals surface area contributed by atoms with Gasteiger partial charge >= 0.3 is 0 Å². The number of hydrogen-bond donors (Lipinski definition) is 0. The van der Waals surface area contributed by atoms with Crippen molar-refractivity contribution in [3.8, 4) is 0 Å². The summed E-state index contributed by atoms with van der Waals surface area (Å²) in [5.74, 6) is -0.211. The van der Waals surface area contributed by atoms with Gasteiger partial charge in [0.2, 0.25) is 0 Å². The normalized spacial score (nSPS) is 12.0. The van der Waals surface area contributed by atoms with Gasteiger partial charge in [-0.15, -0.1) is 0 Å². The minimum atomic E-state index is -0.211. The lowest BCUT2D eigenvalue weighted by Crippen LogP contribution is -1.81. The van der Waals surface area contributed by atoms with Gasteiger partial charge in [0, 0.05) is 17.1 Å². The summed E-state index contributed by atoms with van der Waals surface area (Å²) in [6, 6.07) is 9.22. The number of hydrogen-bond acceptors (Lipinski definition) is 1. The van der Waals surface area contributed by atoms with Crippen molar-refractivity contribution in [2.75, 3.05) is 0 Å². The maximum absolute atomic E-state index is 13.2. The first-order chi connectivity index (χ1) is 6.81. The molecule has 2 aromatic rings. The molecule has 2 rings (SSSR count). The smallest absolute Gasteiger partial charge is 0.126 e. The average Bonchev–Trinajstić information content (AvgIpc) is 2.27. The third-order valence-corrected chi connectivity index (χ3v) is 2.14. The lowest BCUT2D eigenvalue weighted by atomic mass is 10.1. The molecule has 0 spiro atoms. The fraction of sp³-hybridized carbons (Fsp3) is 0.0833. The van der Waals surface area contributed by atoms with Crippen molar-refractivity contribution >= 4 is 16.7 Å². The molecule has 0 atom stereocenters. The maximum atomic E-state index is 13.2. The van der Waals surface area contributed by atoms with Crippen LogP contribution in [0.15, 0.2) is 42.6 Å². The summed E-state index contributed by atoms with van der Waals surface area (Å²) in [7, 11) is 0. The molecule has 1 heterocycles. The Morgan fingerprint density at radius 3 is 3.00 bits per heavy atom. The number of benzene rings is 1. The summed E-state index contributed by atoms with van der Waals surface area (Å²) in [5.41, 5.74) is 1.40. The van der Waals surface area contributed by atoms with Gasteiger partial charge in [0.25, 0.3) is 0 Å². The van der Waals surface area contributed by atoms with E-state index < -0.39 is 0 Å². The van der Waals surface area contributed by atoms with Crippen LogP contribution in [0.3, 0.4) is 0 Å². The van der Waals surface area contributed by atoms with E-state index in [4.69, 9.17) is 0 Å². The van der Waals surface area contributed by atoms with E-state index in [0.29, 0.717) is 5.56 Å². The molecule has 0 aliphatic carbocycles. The molecule has 2 heteroatoms. The zero-order valence-electron chi connectivity index (χ0n) is 7.87. The first kappa shape index (κ1) is 8.88. The summed E-state index contributed by atoms with van der Waals surface area (Å²) in [4.78, 5) is 4.16. The van der Waals surface area contributed by atoms with Crippen LogP contribution >= 0.6 is 0 Å². The SMILES string of the molecule is CC=C(F)c1ccc2cccnc2c1. The van der Waals surface area contributed by atoms with Crippen molar-refractivity contribution in [3.63, 3.8) is 0 Å². The van der Waals surface area contributed by atoms with Gasteiger partial charge in [-0.1, -0.05) is 24.3 Å². The van der Waals surface area contributed by atoms with Gasteiger partial charge in [-0.05, 0) is 19.1 Å². The summed E-state index contributed by atoms with van der Waals surface area (Å²) in [5, 5.41) is 1.03. The van der Waals surface area contributed by atoms with Crippen LogP contribution in [0.25, 0.3) is 16.7 Å². The van der Waals surface area contributed by atoms with Gasteiger partial charge < -0.3 is 0 Å². The number of allylic oxidation sites excluding steroid dienone is 1. The standard InChI is InChI=1S/C12H10FN/c1-2-11(13)10-6-5-9-4-3-7-14-12(9)8-10/h2-8H,1H3. The molecule has 0 aliphatic rings. The summed E-state index contributed by atoms with van der Waals surface area (Å²) >= 11 is 0. The second-order valence-corrected chi connectivity index (χ2v) is 3.05. The van der Waals surface area contributed by atoms with Crippen molar-refractivity contribution in [1.29, 1.82) is 0 Å². The zero-order valence-corrected chi connectivity index (χ0v) is 7.87. The van der Waals surface area contributed by atoms with Crippen LogP contribution in [-0.4, -0.2) is 4.98 Å². The number of nitrogens with zero attached hydrogens (tertiary/aromatic N) is 1. The maximum Gasteiger partial charge on any atom is 0.126 e. The first-order valence-corrected chi connectivity index (χ1v) is 4.48. The number of rotatable bonds is 1. The number of fused-ring (bicyclic) bond motifs is 1. The minimum Gasteiger partial charge on any atom is -0.256 e. The van der Waals surface area contributed by atoms with Gasteiger partial charge in [-0.3, -0.25) is 4.98 Å². The van der Waals surface area contributed by atoms with E-state index in [-0.39, 0.29) is 5.83 Å². The van der Waals surface area contributed by atoms with Crippen molar-refractivity contribution in [3.05, 3.63) is 48.2 Å². The highest BCUT2D eigenvalue weighted by molar-refractivity contribution is 5.81. The molecule has 0 saturated carbocycles. The van der Waals surface area contributed by atoms with Gasteiger partial charge in [-0.2, -0.15) is 0 Å². The Labute approximate surface area is 81.9 Å². The lowest BCUT2D eigenvalue weighted by Gasteiger charge is -1.99. The second kappa shape index (κ2) is 3.58. The Hall–Kier alpha value is -1.70. The lowest BCUT2D eigenvalue weighted by molar-refractivity contribution is 0.758. The van der Waals surface area contributed by atoms with Crippen molar-refractivity contribution in [2.45, 2.75) is 6.92 Å². The molecule has 14 heavy (non-hydrogen) atoms. The Morgan fingerprint density at radius 2 is 2.21 bits per heavy atom. The molecule has 0 unspecified atom stereocenters. The highest BCUT2D eigenvalue weighted by Crippen LogP contribution is 2.20. The fourth-order valence-electron chi connectivity index (χ4n) is 1.38. The molecular formula is C12H10FN. The molecule has 0 bridgehead atoms. The average molecular weight is 187 g/mol. The van der Waals surface area contributed by atoms with Gasteiger partial charge in [0.15, 0.2) is 0 Å². The number of aromatic nitrogens is 1. The van der Waals surface area contributed by atoms with Gasteiger partial charge in [0.05, 0.1) is 5.52 Å². The van der Waals surface area contributed by atoms with Crippen molar-refractivity contribution in [1.82, 2.24) is 4.98 Å². The number of halogens is 1. The third-order valence-electron chi connectivity index (χ3n) is 2.14. The summed E-state index contributed by atoms with van der Waals surface area (Å²) < 4.78 is 13.2. The highest BCUT2D eigenvalue weighted by Gasteiger charge is 2.00. The zero-order chi connectivity index (χ0) is 9.97. The van der Waals surface area contributed by atoms with E-state index in [0.717, 1.165) is 10.9 Å². The molecule has 1 aromatic heterocycles. The molecule has 0 aliphatic heterocycles. The molecule has 70 valence electrons. The minimum absolute atomic E-state index is 0.211. The van der Waals surface area contributed by atoms with Crippen LogP contribution in [0.1, 0.15) is 12.5 Å². The topological polar surface area (TPSA) is 12.9 Å². The van der Waals surface area contributed by atoms with E-state index in [2.05, 4.69) is 4.98 Å². The second-order valence-electron chi connectivity index (χ2n) is 3.05. The Kier molecular flexibility index (Phi) is 2.27. The van der Waals surface area contributed by atoms with Crippen LogP contribution in [0.5, 0.6) is 0 Å². The van der Waals surface area contributed by atoms with E-state index in [1.165, 1.54) is 6.08 Å². The predicted octanol–water partition coefficient (Wildman–Crippen LogP) is 3.57. The van der Waals surface area contributed by atoms with Crippen LogP contribution in [-0.2, 0) is 0 Å². The monoisotopic (exact) mass is 187 g/mol. The van der Waals surface area contributed by atoms with E-state index in [1.54, 1.807) is 25.3 Å². The van der Waals surface area contributed by atoms with Crippen LogP contribution in [0, 0.1) is 0 Å². The third kappa shape index (κ3) is 1.51. The molecule has 0 radical (unpaired) electrons. The highest BCUT2D eigenvalue weighted by atomic mass is 19.1. The predicted molar refractivity (Wildman–Crippen MR) is 56.5 cm³/mol. The van der Waals surface area contributed by atoms with Crippen LogP contribution in [0.2, 0.25) is 0 Å². The van der Waals surface area contributed by atoms with E-state index in [1.807, 2.05) is 18.2 Å². The Bertz CT molecular complexity index is 488. The largest absolute Gasteiger partial charge is 0.256 e. The molecule has 0 amide bonds. The molecule has 0 fully saturated rings. The quantitative estimate of drug-likeness (QED) is 0.665. The van der Waals surface area contributed by atoms with Crippen molar-refractivity contribution in [2.24, 2.45) is 0 Å². The first-order valence-electron chi connectivity index (χ1n) is 4.48.